The number of nitrogens with one attached hydrogen (secondary N) is 1. The van der Waals surface area contributed by atoms with Gasteiger partial charge in [0.2, 0.25) is 0 Å². The maximum absolute atomic E-state index is 13.0. The van der Waals surface area contributed by atoms with Crippen molar-refractivity contribution >= 4 is 18.3 Å². The molecule has 9 nitrogen and oxygen atoms in total. The third kappa shape index (κ3) is 13.3. The Kier molecular flexibility index (Phi) is 15.0. The van der Waals surface area contributed by atoms with E-state index >= 15 is 0 Å². The van der Waals surface area contributed by atoms with Crippen LogP contribution in [-0.4, -0.2) is 60.8 Å². The maximum atomic E-state index is 13.0. The number of carbonyl (C=O) groups excluding carboxylic acids is 3. The molecule has 3 rings (SSSR count). The number of amides is 3. The minimum absolute atomic E-state index is 0.178. The Hall–Kier alpha value is -4.53. The highest BCUT2D eigenvalue weighted by molar-refractivity contribution is 5.68. The first-order valence-electron chi connectivity index (χ1n) is 14.9. The third-order valence-corrected chi connectivity index (χ3v) is 6.61. The molecule has 0 atom stereocenters. The number of nitrogens with zero attached hydrogens (tertiary/aromatic N) is 2. The van der Waals surface area contributed by atoms with Crippen molar-refractivity contribution in [3.05, 3.63) is 108 Å². The maximum Gasteiger partial charge on any atom is 0.410 e. The van der Waals surface area contributed by atoms with Crippen LogP contribution >= 0.6 is 0 Å². The van der Waals surface area contributed by atoms with Gasteiger partial charge >= 0.3 is 18.3 Å². The van der Waals surface area contributed by atoms with Gasteiger partial charge in [-0.25, -0.2) is 14.4 Å². The summed E-state index contributed by atoms with van der Waals surface area (Å²) in [5.74, 6) is 0. The van der Waals surface area contributed by atoms with Gasteiger partial charge in [-0.15, -0.1) is 0 Å². The van der Waals surface area contributed by atoms with Gasteiger partial charge in [-0.1, -0.05) is 97.9 Å². The number of alkyl carbamates (subject to hydrolysis) is 1. The fourth-order valence-electron chi connectivity index (χ4n) is 4.32. The van der Waals surface area contributed by atoms with Crippen LogP contribution in [0, 0.1) is 0 Å². The molecular weight excluding hydrogens is 546 g/mol. The second-order valence-electron chi connectivity index (χ2n) is 10.1. The molecule has 0 radical (unpaired) electrons. The fourth-order valence-corrected chi connectivity index (χ4v) is 4.32. The minimum atomic E-state index is -0.503. The molecule has 0 heterocycles. The summed E-state index contributed by atoms with van der Waals surface area (Å²) in [5, 5.41) is 2.74. The van der Waals surface area contributed by atoms with Crippen molar-refractivity contribution in [1.29, 1.82) is 0 Å². The number of benzene rings is 3. The van der Waals surface area contributed by atoms with Crippen molar-refractivity contribution in [2.75, 3.05) is 32.7 Å². The molecule has 0 aliphatic carbocycles. The largest absolute Gasteiger partial charge is 0.445 e. The Labute approximate surface area is 254 Å². The summed E-state index contributed by atoms with van der Waals surface area (Å²) in [6.07, 6.45) is 1.48. The van der Waals surface area contributed by atoms with Crippen LogP contribution in [0.25, 0.3) is 0 Å². The zero-order valence-electron chi connectivity index (χ0n) is 25.0. The van der Waals surface area contributed by atoms with Crippen molar-refractivity contribution in [3.63, 3.8) is 0 Å². The standard InChI is InChI=1S/C34H43N3O6/c1-2-22-36(33(39)42-27-30-17-8-4-9-18-30)23-12-13-24-37(34(40)43-28-31-19-10-5-11-20-31)25-14-21-35-32(38)41-26-29-15-6-3-7-16-29/h3-11,15-20H,2,12-14,21-28H2,1H3,(H,35,38). The molecular formula is C34H43N3O6. The van der Waals surface area contributed by atoms with Crippen LogP contribution in [0.2, 0.25) is 0 Å². The lowest BCUT2D eigenvalue weighted by molar-refractivity contribution is 0.0896. The molecule has 3 aromatic rings. The van der Waals surface area contributed by atoms with Gasteiger partial charge in [0.25, 0.3) is 0 Å². The van der Waals surface area contributed by atoms with E-state index in [4.69, 9.17) is 14.2 Å². The number of hydrogen-bond donors (Lipinski definition) is 1. The number of carbonyl (C=O) groups is 3. The molecule has 0 bridgehead atoms. The summed E-state index contributed by atoms with van der Waals surface area (Å²) >= 11 is 0. The topological polar surface area (TPSA) is 97.4 Å². The molecule has 0 aromatic heterocycles. The normalized spacial score (nSPS) is 10.4. The first kappa shape index (κ1) is 33.0. The first-order chi connectivity index (χ1) is 21.0. The van der Waals surface area contributed by atoms with E-state index in [-0.39, 0.29) is 25.9 Å². The van der Waals surface area contributed by atoms with E-state index in [1.807, 2.05) is 97.9 Å². The smallest absolute Gasteiger partial charge is 0.410 e. The molecule has 9 heteroatoms. The van der Waals surface area contributed by atoms with Gasteiger partial charge < -0.3 is 29.3 Å². The molecule has 0 spiro atoms. The van der Waals surface area contributed by atoms with Gasteiger partial charge in [0.05, 0.1) is 0 Å². The Balaban J connectivity index is 1.43. The first-order valence-corrected chi connectivity index (χ1v) is 14.9. The average molecular weight is 590 g/mol. The van der Waals surface area contributed by atoms with E-state index in [9.17, 15) is 14.4 Å². The Bertz CT molecular complexity index is 1210. The molecule has 3 amide bonds. The summed E-state index contributed by atoms with van der Waals surface area (Å²) in [7, 11) is 0. The second kappa shape index (κ2) is 19.6. The molecule has 0 aliphatic heterocycles. The Morgan fingerprint density at radius 3 is 1.40 bits per heavy atom. The van der Waals surface area contributed by atoms with Crippen LogP contribution in [0.5, 0.6) is 0 Å². The van der Waals surface area contributed by atoms with Gasteiger partial charge in [-0.05, 0) is 42.4 Å². The van der Waals surface area contributed by atoms with Crippen molar-refractivity contribution in [2.45, 2.75) is 52.4 Å². The van der Waals surface area contributed by atoms with E-state index in [1.54, 1.807) is 9.80 Å². The minimum Gasteiger partial charge on any atom is -0.445 e. The molecule has 0 fully saturated rings. The molecule has 0 aliphatic rings. The summed E-state index contributed by atoms with van der Waals surface area (Å²) in [4.78, 5) is 41.1. The SMILES string of the molecule is CCCN(CCCCN(CCCNC(=O)OCc1ccccc1)C(=O)OCc1ccccc1)C(=O)OCc1ccccc1. The van der Waals surface area contributed by atoms with Crippen molar-refractivity contribution in [2.24, 2.45) is 0 Å². The van der Waals surface area contributed by atoms with E-state index in [0.29, 0.717) is 52.0 Å². The van der Waals surface area contributed by atoms with E-state index in [1.165, 1.54) is 0 Å². The number of ether oxygens (including phenoxy) is 3. The zero-order chi connectivity index (χ0) is 30.5. The predicted octanol–water partition coefficient (Wildman–Crippen LogP) is 6.77. The summed E-state index contributed by atoms with van der Waals surface area (Å²) in [5.41, 5.74) is 2.76. The number of rotatable bonds is 17. The van der Waals surface area contributed by atoms with Crippen LogP contribution < -0.4 is 5.32 Å². The highest BCUT2D eigenvalue weighted by atomic mass is 16.6. The van der Waals surface area contributed by atoms with Gasteiger partial charge in [-0.2, -0.15) is 0 Å². The lowest BCUT2D eigenvalue weighted by Crippen LogP contribution is -2.36. The third-order valence-electron chi connectivity index (χ3n) is 6.61. The molecule has 3 aromatic carbocycles. The molecule has 230 valence electrons. The molecule has 43 heavy (non-hydrogen) atoms. The predicted molar refractivity (Wildman–Crippen MR) is 165 cm³/mol. The summed E-state index contributed by atoms with van der Waals surface area (Å²) in [6, 6.07) is 28.6. The quantitative estimate of drug-likeness (QED) is 0.138. The highest BCUT2D eigenvalue weighted by Crippen LogP contribution is 2.09. The molecule has 0 saturated heterocycles. The second-order valence-corrected chi connectivity index (χ2v) is 10.1. The lowest BCUT2D eigenvalue weighted by Gasteiger charge is -2.24. The molecule has 0 unspecified atom stereocenters. The fraction of sp³-hybridized carbons (Fsp3) is 0.382. The van der Waals surface area contributed by atoms with Crippen LogP contribution in [0.1, 0.15) is 49.3 Å². The van der Waals surface area contributed by atoms with Gasteiger partial charge in [0.1, 0.15) is 19.8 Å². The van der Waals surface area contributed by atoms with Crippen molar-refractivity contribution < 1.29 is 28.6 Å². The van der Waals surface area contributed by atoms with Crippen LogP contribution in [-0.2, 0) is 34.0 Å². The van der Waals surface area contributed by atoms with Crippen LogP contribution in [0.4, 0.5) is 14.4 Å². The van der Waals surface area contributed by atoms with Crippen molar-refractivity contribution in [3.8, 4) is 0 Å². The molecule has 0 saturated carbocycles. The number of unbranched alkanes of at least 4 members (excludes halogenated alkanes) is 1. The Morgan fingerprint density at radius 1 is 0.558 bits per heavy atom. The highest BCUT2D eigenvalue weighted by Gasteiger charge is 2.17. The zero-order valence-corrected chi connectivity index (χ0v) is 25.0. The van der Waals surface area contributed by atoms with E-state index in [2.05, 4.69) is 5.32 Å². The van der Waals surface area contributed by atoms with Crippen LogP contribution in [0.15, 0.2) is 91.0 Å². The monoisotopic (exact) mass is 589 g/mol. The summed E-state index contributed by atoms with van der Waals surface area (Å²) < 4.78 is 16.3. The van der Waals surface area contributed by atoms with Gasteiger partial charge in [0, 0.05) is 32.7 Å². The van der Waals surface area contributed by atoms with Crippen LogP contribution in [0.3, 0.4) is 0 Å². The summed E-state index contributed by atoms with van der Waals surface area (Å²) in [6.45, 7) is 4.98. The molecule has 1 N–H and O–H groups in total. The van der Waals surface area contributed by atoms with Crippen molar-refractivity contribution in [1.82, 2.24) is 15.1 Å². The van der Waals surface area contributed by atoms with Gasteiger partial charge in [0.15, 0.2) is 0 Å². The van der Waals surface area contributed by atoms with E-state index in [0.717, 1.165) is 23.1 Å². The number of hydrogen-bond acceptors (Lipinski definition) is 6. The lowest BCUT2D eigenvalue weighted by atomic mass is 10.2. The van der Waals surface area contributed by atoms with E-state index < -0.39 is 12.2 Å². The Morgan fingerprint density at radius 2 is 0.953 bits per heavy atom. The average Bonchev–Trinajstić information content (AvgIpc) is 3.05. The van der Waals surface area contributed by atoms with Gasteiger partial charge in [-0.3, -0.25) is 0 Å².